The van der Waals surface area contributed by atoms with Crippen molar-refractivity contribution < 1.29 is 9.59 Å². The van der Waals surface area contributed by atoms with E-state index in [2.05, 4.69) is 10.6 Å². The highest BCUT2D eigenvalue weighted by molar-refractivity contribution is 5.98. The summed E-state index contributed by atoms with van der Waals surface area (Å²) in [6.07, 6.45) is 0. The van der Waals surface area contributed by atoms with Gasteiger partial charge in [0.2, 0.25) is 5.91 Å². The van der Waals surface area contributed by atoms with Crippen LogP contribution in [0.4, 0.5) is 5.69 Å². The van der Waals surface area contributed by atoms with Crippen LogP contribution in [0.15, 0.2) is 24.3 Å². The molecule has 0 fully saturated rings. The van der Waals surface area contributed by atoms with E-state index in [1.807, 2.05) is 41.5 Å². The topological polar surface area (TPSA) is 84.2 Å². The number of anilines is 1. The number of halogens is 1. The Bertz CT molecular complexity index is 560. The molecule has 0 radical (unpaired) electrons. The van der Waals surface area contributed by atoms with E-state index in [9.17, 15) is 9.59 Å². The number of nitrogens with one attached hydrogen (secondary N) is 2. The maximum atomic E-state index is 12.1. The van der Waals surface area contributed by atoms with Gasteiger partial charge in [0, 0.05) is 16.8 Å². The maximum absolute atomic E-state index is 12.1. The Morgan fingerprint density at radius 2 is 1.65 bits per heavy atom. The lowest BCUT2D eigenvalue weighted by molar-refractivity contribution is -0.119. The highest BCUT2D eigenvalue weighted by Crippen LogP contribution is 2.19. The zero-order chi connectivity index (χ0) is 17.1. The van der Waals surface area contributed by atoms with Gasteiger partial charge in [-0.2, -0.15) is 0 Å². The van der Waals surface area contributed by atoms with Crippen LogP contribution in [-0.4, -0.2) is 23.4 Å². The van der Waals surface area contributed by atoms with E-state index in [1.54, 1.807) is 24.3 Å². The molecule has 2 amide bonds. The number of carbonyl (C=O) groups excluding carboxylic acids is 2. The Morgan fingerprint density at radius 1 is 1.09 bits per heavy atom. The molecule has 0 heterocycles. The summed E-state index contributed by atoms with van der Waals surface area (Å²) in [6, 6.07) is 6.20. The van der Waals surface area contributed by atoms with Crippen LogP contribution >= 0.6 is 12.4 Å². The molecular formula is C17H28ClN3O2. The van der Waals surface area contributed by atoms with Gasteiger partial charge in [-0.3, -0.25) is 9.59 Å². The van der Waals surface area contributed by atoms with E-state index in [0.29, 0.717) is 11.3 Å². The van der Waals surface area contributed by atoms with Crippen molar-refractivity contribution in [3.8, 4) is 0 Å². The number of carbonyl (C=O) groups is 2. The van der Waals surface area contributed by atoms with E-state index in [4.69, 9.17) is 5.73 Å². The summed E-state index contributed by atoms with van der Waals surface area (Å²) in [5.41, 5.74) is 6.35. The molecule has 5 nitrogen and oxygen atoms in total. The van der Waals surface area contributed by atoms with Gasteiger partial charge in [-0.15, -0.1) is 12.4 Å². The molecule has 0 aliphatic rings. The minimum absolute atomic E-state index is 0. The van der Waals surface area contributed by atoms with Gasteiger partial charge in [-0.1, -0.05) is 26.8 Å². The summed E-state index contributed by atoms with van der Waals surface area (Å²) in [4.78, 5) is 24.3. The standard InChI is InChI=1S/C17H27N3O2.ClH/c1-16(2,3)13(18)15(22)19-12-9-7-8-11(10-12)14(21)20-17(4,5)6;/h7-10,13H,18H2,1-6H3,(H,19,22)(H,20,21);1H/t13-;/m1./s1. The second-order valence-corrected chi connectivity index (χ2v) is 7.62. The van der Waals surface area contributed by atoms with Crippen LogP contribution in [0.5, 0.6) is 0 Å². The third kappa shape index (κ3) is 7.01. The molecule has 0 saturated heterocycles. The summed E-state index contributed by atoms with van der Waals surface area (Å²) in [6.45, 7) is 11.5. The molecule has 0 aromatic heterocycles. The van der Waals surface area contributed by atoms with E-state index >= 15 is 0 Å². The summed E-state index contributed by atoms with van der Waals surface area (Å²) in [5, 5.41) is 5.65. The average molecular weight is 342 g/mol. The first kappa shape index (κ1) is 21.4. The molecule has 0 unspecified atom stereocenters. The molecule has 4 N–H and O–H groups in total. The molecule has 0 bridgehead atoms. The third-order valence-electron chi connectivity index (χ3n) is 3.10. The SMILES string of the molecule is CC(C)(C)NC(=O)c1cccc(NC(=O)[C@@H](N)C(C)(C)C)c1.Cl. The van der Waals surface area contributed by atoms with Crippen molar-refractivity contribution in [1.82, 2.24) is 5.32 Å². The molecule has 1 aromatic carbocycles. The quantitative estimate of drug-likeness (QED) is 0.790. The lowest BCUT2D eigenvalue weighted by Crippen LogP contribution is -2.45. The van der Waals surface area contributed by atoms with Gasteiger partial charge in [0.1, 0.15) is 0 Å². The van der Waals surface area contributed by atoms with Gasteiger partial charge < -0.3 is 16.4 Å². The van der Waals surface area contributed by atoms with Gasteiger partial charge >= 0.3 is 0 Å². The number of rotatable bonds is 3. The summed E-state index contributed by atoms with van der Waals surface area (Å²) < 4.78 is 0. The minimum atomic E-state index is -0.625. The molecule has 0 aliphatic carbocycles. The van der Waals surface area contributed by atoms with Crippen LogP contribution in [0.1, 0.15) is 51.9 Å². The van der Waals surface area contributed by atoms with Crippen LogP contribution in [0, 0.1) is 5.41 Å². The zero-order valence-electron chi connectivity index (χ0n) is 14.7. The smallest absolute Gasteiger partial charge is 0.251 e. The van der Waals surface area contributed by atoms with E-state index in [1.165, 1.54) is 0 Å². The van der Waals surface area contributed by atoms with Gasteiger partial charge in [0.15, 0.2) is 0 Å². The first-order chi connectivity index (χ1) is 9.90. The van der Waals surface area contributed by atoms with Gasteiger partial charge in [-0.05, 0) is 44.4 Å². The van der Waals surface area contributed by atoms with Crippen molar-refractivity contribution >= 4 is 29.9 Å². The van der Waals surface area contributed by atoms with Crippen molar-refractivity contribution in [3.63, 3.8) is 0 Å². The molecule has 6 heteroatoms. The fraction of sp³-hybridized carbons (Fsp3) is 0.529. The van der Waals surface area contributed by atoms with Crippen molar-refractivity contribution in [1.29, 1.82) is 0 Å². The number of hydrogen-bond acceptors (Lipinski definition) is 3. The Morgan fingerprint density at radius 3 is 2.13 bits per heavy atom. The van der Waals surface area contributed by atoms with Crippen molar-refractivity contribution in [2.24, 2.45) is 11.1 Å². The van der Waals surface area contributed by atoms with E-state index < -0.39 is 6.04 Å². The zero-order valence-corrected chi connectivity index (χ0v) is 15.5. The van der Waals surface area contributed by atoms with Crippen LogP contribution in [0.3, 0.4) is 0 Å². The summed E-state index contributed by atoms with van der Waals surface area (Å²) in [5.74, 6) is -0.440. The molecule has 0 saturated carbocycles. The number of benzene rings is 1. The molecule has 1 aromatic rings. The Hall–Kier alpha value is -1.59. The van der Waals surface area contributed by atoms with Crippen LogP contribution in [0.25, 0.3) is 0 Å². The molecular weight excluding hydrogens is 314 g/mol. The van der Waals surface area contributed by atoms with Gasteiger partial charge in [0.25, 0.3) is 5.91 Å². The Labute approximate surface area is 144 Å². The van der Waals surface area contributed by atoms with Crippen molar-refractivity contribution in [3.05, 3.63) is 29.8 Å². The first-order valence-corrected chi connectivity index (χ1v) is 7.39. The van der Waals surface area contributed by atoms with Crippen LogP contribution in [0.2, 0.25) is 0 Å². The van der Waals surface area contributed by atoms with E-state index in [-0.39, 0.29) is 35.2 Å². The first-order valence-electron chi connectivity index (χ1n) is 7.39. The predicted octanol–water partition coefficient (Wildman–Crippen LogP) is 2.95. The lowest BCUT2D eigenvalue weighted by atomic mass is 9.87. The largest absolute Gasteiger partial charge is 0.347 e. The monoisotopic (exact) mass is 341 g/mol. The number of hydrogen-bond donors (Lipinski definition) is 3. The molecule has 130 valence electrons. The number of nitrogens with two attached hydrogens (primary N) is 1. The average Bonchev–Trinajstić information content (AvgIpc) is 2.35. The lowest BCUT2D eigenvalue weighted by Gasteiger charge is -2.26. The molecule has 0 aliphatic heterocycles. The second-order valence-electron chi connectivity index (χ2n) is 7.62. The van der Waals surface area contributed by atoms with Crippen molar-refractivity contribution in [2.45, 2.75) is 53.1 Å². The van der Waals surface area contributed by atoms with Crippen LogP contribution < -0.4 is 16.4 Å². The molecule has 0 spiro atoms. The minimum Gasteiger partial charge on any atom is -0.347 e. The maximum Gasteiger partial charge on any atom is 0.251 e. The molecule has 1 rings (SSSR count). The summed E-state index contributed by atoms with van der Waals surface area (Å²) >= 11 is 0. The highest BCUT2D eigenvalue weighted by atomic mass is 35.5. The van der Waals surface area contributed by atoms with Crippen molar-refractivity contribution in [2.75, 3.05) is 5.32 Å². The summed E-state index contributed by atoms with van der Waals surface area (Å²) in [7, 11) is 0. The van der Waals surface area contributed by atoms with Gasteiger partial charge in [-0.25, -0.2) is 0 Å². The fourth-order valence-corrected chi connectivity index (χ4v) is 1.76. The third-order valence-corrected chi connectivity index (χ3v) is 3.10. The Kier molecular flexibility index (Phi) is 7.26. The fourth-order valence-electron chi connectivity index (χ4n) is 1.76. The predicted molar refractivity (Wildman–Crippen MR) is 97.0 cm³/mol. The van der Waals surface area contributed by atoms with Gasteiger partial charge in [0.05, 0.1) is 6.04 Å². The number of amides is 2. The Balaban J connectivity index is 0.00000484. The van der Waals surface area contributed by atoms with Crippen LogP contribution in [-0.2, 0) is 4.79 Å². The van der Waals surface area contributed by atoms with E-state index in [0.717, 1.165) is 0 Å². The molecule has 23 heavy (non-hydrogen) atoms. The second kappa shape index (κ2) is 7.79. The normalized spacial score (nSPS) is 12.8. The highest BCUT2D eigenvalue weighted by Gasteiger charge is 2.27. The molecule has 1 atom stereocenters.